The molecule has 12 aromatic rings. The van der Waals surface area contributed by atoms with Crippen molar-refractivity contribution in [2.75, 3.05) is 65.7 Å². The quantitative estimate of drug-likeness (QED) is 0.0519. The number of hydrogen-bond acceptors (Lipinski definition) is 21. The molecule has 0 radical (unpaired) electrons. The molecule has 18 rings (SSSR count). The maximum Gasteiger partial charge on any atom is 1.00 e. The zero-order valence-electron chi connectivity index (χ0n) is 79.9. The van der Waals surface area contributed by atoms with Crippen molar-refractivity contribution in [3.63, 3.8) is 0 Å². The van der Waals surface area contributed by atoms with Crippen molar-refractivity contribution >= 4 is 178 Å². The fourth-order valence-electron chi connectivity index (χ4n) is 16.9. The predicted molar refractivity (Wildman–Crippen MR) is 509 cm³/mol. The van der Waals surface area contributed by atoms with Gasteiger partial charge in [-0.25, -0.2) is 47.8 Å². The van der Waals surface area contributed by atoms with Gasteiger partial charge in [0.05, 0.1) is 107 Å². The van der Waals surface area contributed by atoms with E-state index in [2.05, 4.69) is 114 Å². The molecule has 3 aliphatic carbocycles. The van der Waals surface area contributed by atoms with Crippen LogP contribution in [0.4, 0.5) is 17.8 Å². The van der Waals surface area contributed by atoms with Gasteiger partial charge in [-0.1, -0.05) is 103 Å². The fourth-order valence-corrected chi connectivity index (χ4v) is 22.1. The van der Waals surface area contributed by atoms with E-state index in [0.29, 0.717) is 36.9 Å². The molecule has 3 saturated heterocycles. The molecule has 0 aromatic carbocycles. The van der Waals surface area contributed by atoms with Crippen LogP contribution in [0.2, 0.25) is 15.1 Å². The average Bonchev–Trinajstić information content (AvgIpc) is 1.67. The maximum absolute atomic E-state index is 13.3. The number of aryl methyl sites for hydroxylation is 6. The van der Waals surface area contributed by atoms with Crippen LogP contribution < -0.4 is 59.4 Å². The Morgan fingerprint density at radius 3 is 1.23 bits per heavy atom. The zero-order valence-corrected chi connectivity index (χ0v) is 83.1. The number of aromatic nitrogens is 15. The first kappa shape index (κ1) is 85.3. The van der Waals surface area contributed by atoms with Gasteiger partial charge in [0.25, 0.3) is 0 Å². The van der Waals surface area contributed by atoms with Gasteiger partial charge in [-0.05, 0) is 219 Å². The van der Waals surface area contributed by atoms with Gasteiger partial charge in [0.2, 0.25) is 17.8 Å². The average molecular weight is 1970 g/mol. The van der Waals surface area contributed by atoms with Crippen LogP contribution in [0.15, 0.2) is 158 Å². The summed E-state index contributed by atoms with van der Waals surface area (Å²) in [7, 11) is -2.36. The first-order valence-corrected chi connectivity index (χ1v) is 48.3. The number of nitrogens with zero attached hydrogens (tertiary/aromatic N) is 18. The third-order valence-corrected chi connectivity index (χ3v) is 32.0. The number of rotatable bonds is 14. The van der Waals surface area contributed by atoms with E-state index in [1.54, 1.807) is 43.0 Å². The number of pyridine rings is 6. The van der Waals surface area contributed by atoms with Gasteiger partial charge in [0.15, 0.2) is 16.9 Å². The minimum absolute atomic E-state index is 0. The zero-order chi connectivity index (χ0) is 95.5. The normalized spacial score (nSPS) is 19.5. The molecule has 4 N–H and O–H groups in total. The second kappa shape index (κ2) is 42.1. The Balaban J connectivity index is 0.000000165. The number of nitrogens with one attached hydrogen (secondary N) is 2. The molecule has 36 heteroatoms. The Bertz CT molecular complexity index is 6170. The number of halogens is 7. The van der Waals surface area contributed by atoms with Crippen molar-refractivity contribution in [1.29, 1.82) is 0 Å². The summed E-state index contributed by atoms with van der Waals surface area (Å²) in [5.41, 5.74) is 19.7. The van der Waals surface area contributed by atoms with Gasteiger partial charge >= 0.3 is 29.6 Å². The molecule has 3 aliphatic heterocycles. The van der Waals surface area contributed by atoms with Crippen molar-refractivity contribution < 1.29 is 50.3 Å². The summed E-state index contributed by atoms with van der Waals surface area (Å²) in [6.07, 6.45) is 30.8. The molecule has 23 nitrogen and oxygen atoms in total. The number of hydrogen-bond donors (Lipinski definition) is 3. The third kappa shape index (κ3) is 20.6. The summed E-state index contributed by atoms with van der Waals surface area (Å²) in [5.74, 6) is 2.62. The minimum Gasteiger partial charge on any atom is -0.778 e. The first-order chi connectivity index (χ1) is 62.4. The van der Waals surface area contributed by atoms with Crippen LogP contribution in [0.1, 0.15) is 199 Å². The molecule has 15 heterocycles. The summed E-state index contributed by atoms with van der Waals surface area (Å²) in [5, 5.41) is 1.16. The van der Waals surface area contributed by atoms with E-state index in [0.717, 1.165) is 191 Å². The molecule has 654 valence electrons. The van der Waals surface area contributed by atoms with Crippen LogP contribution in [0.3, 0.4) is 0 Å². The monoisotopic (exact) mass is 1970 g/mol. The van der Waals surface area contributed by atoms with Crippen LogP contribution >= 0.6 is 109 Å². The molecule has 3 spiro atoms. The maximum atomic E-state index is 13.3. The van der Waals surface area contributed by atoms with E-state index in [1.807, 2.05) is 133 Å². The van der Waals surface area contributed by atoms with Gasteiger partial charge in [0.1, 0.15) is 0 Å². The molecule has 0 amide bonds. The molecule has 6 aliphatic rings. The van der Waals surface area contributed by atoms with Crippen molar-refractivity contribution in [1.82, 2.24) is 82.5 Å². The van der Waals surface area contributed by atoms with Crippen molar-refractivity contribution in [3.05, 3.63) is 216 Å². The van der Waals surface area contributed by atoms with Crippen LogP contribution in [0.5, 0.6) is 0 Å². The van der Waals surface area contributed by atoms with Gasteiger partial charge in [-0.15, -0.1) is 34.8 Å². The van der Waals surface area contributed by atoms with Crippen LogP contribution in [-0.4, -0.2) is 142 Å². The first-order valence-electron chi connectivity index (χ1n) is 44.7. The molecule has 12 aromatic heterocycles. The van der Waals surface area contributed by atoms with E-state index in [9.17, 15) is 8.42 Å². The number of imidazole rings is 3. The second-order valence-electron chi connectivity index (χ2n) is 32.9. The molecule has 3 fully saturated rings. The van der Waals surface area contributed by atoms with Gasteiger partial charge in [-0.3, -0.25) is 43.1 Å². The summed E-state index contributed by atoms with van der Waals surface area (Å²) in [4.78, 5) is 65.6. The van der Waals surface area contributed by atoms with E-state index >= 15 is 0 Å². The SMILES string of the molecule is CCl.Cc1nc(N2CCC3(CC2)Cc2ncccc2[C@H]3N[S@@](=O)C(C)(C)C)n2ccnc2c1Br.ClCCl.[2H]C([2H])([2H])Cc1nccc(Sc2c(C)nc(N3CCC4(CC3)Cc3ncccc3[C@H]4N)n3ccnc23)c1Cl.[2H]C([2H])([2H])Cc1nccc(Sc2c(C)nc(N3CCC4(CC3)Cc3ncccc3[C@H]4N[S@@](=O)C(C)(C)C)n3ccnc23)c1Cl.[2H]C([2H])([2H])Cc1nccc([S-])c1Cl.[Na+]. The Labute approximate surface area is 819 Å². The van der Waals surface area contributed by atoms with E-state index in [4.69, 9.17) is 109 Å². The summed E-state index contributed by atoms with van der Waals surface area (Å²) in [6.45, 7) is 16.7. The molecular weight excluding hydrogens is 1860 g/mol. The summed E-state index contributed by atoms with van der Waals surface area (Å²) in [6, 6.07) is 17.5. The largest absolute Gasteiger partial charge is 1.00 e. The standard InChI is InChI=1S/C30H36ClN7OS2.C26H28ClN7S.C23H29BrN6OS.C7H8ClNS.CH2Cl2.CH3Cl.Na/c1-6-21-24(31)23(9-13-33-21)40-25-19(2)35-28(38-17-14-34-27(25)38)37-15-10-30(11-16-37)18-22-20(8-7-12-32-22)26(30)36-41(39)29(3,4)5;1-3-18-21(27)20(6-10-30-18)35-22-16(2)32-25(34-14-11-31-24(22)34)33-12-7-26(8-13-33)15-19-17(23(26)28)5-4-9-29-19;1-15-18(24)20-26-10-13-30(20)21(27-15)29-11-7-23(8-12-29)14-17-16(6-5-9-25-17)19(23)28-32(31)22(2,3)4;1-2-5-7(8)6(10)3-4-9-5;2-1-3;1-2;/h7-9,12-14,17,26,36H,6,10-11,15-16,18H2,1-5H3;4-6,9-11,14,23H,3,7-8,12-13,15,28H2,1-2H3;5-6,9-10,13,19,28H,7-8,11-12,14H2,1-4H3;3-4H,2H2,1H3,(H,9,10);1H2;1H3;/q;;;;;;+1/p-1/t26-,41+;23-;19-,32+;;;;/m111..../s1/i2*1D3;;1D3;;;. The number of fused-ring (bicyclic) bond motifs is 6. The van der Waals surface area contributed by atoms with Gasteiger partial charge in [-0.2, -0.15) is 4.90 Å². The summed E-state index contributed by atoms with van der Waals surface area (Å²) < 4.78 is 106. The van der Waals surface area contributed by atoms with Crippen LogP contribution in [0, 0.1) is 37.0 Å². The fraction of sp³-hybridized carbons (Fsp3) is 0.455. The summed E-state index contributed by atoms with van der Waals surface area (Å²) >= 11 is 44.5. The number of piperidine rings is 3. The Morgan fingerprint density at radius 1 is 0.500 bits per heavy atom. The smallest absolute Gasteiger partial charge is 0.778 e. The molecule has 0 unspecified atom stereocenters. The van der Waals surface area contributed by atoms with E-state index < -0.39 is 42.5 Å². The van der Waals surface area contributed by atoms with Crippen molar-refractivity contribution in [2.24, 2.45) is 22.0 Å². The van der Waals surface area contributed by atoms with E-state index in [-0.39, 0.29) is 103 Å². The van der Waals surface area contributed by atoms with E-state index in [1.165, 1.54) is 47.2 Å². The molecular formula is C88H105BrCl6N21NaO2S5. The minimum atomic E-state index is -2.17. The Kier molecular flexibility index (Phi) is 29.0. The molecule has 124 heavy (non-hydrogen) atoms. The molecule has 0 saturated carbocycles. The number of alkyl halides is 3. The topological polar surface area (TPSA) is 262 Å². The van der Waals surface area contributed by atoms with Crippen molar-refractivity contribution in [3.8, 4) is 0 Å². The number of nitrogens with two attached hydrogens (primary N) is 1. The van der Waals surface area contributed by atoms with Crippen LogP contribution in [0.25, 0.3) is 16.9 Å². The second-order valence-corrected chi connectivity index (χ2v) is 42.2. The van der Waals surface area contributed by atoms with Crippen LogP contribution in [-0.2, 0) is 73.1 Å². The number of anilines is 3. The Hall–Kier alpha value is -5.52. The predicted octanol–water partition coefficient (Wildman–Crippen LogP) is 16.8. The molecule has 5 atom stereocenters. The third-order valence-electron chi connectivity index (χ3n) is 23.5. The van der Waals surface area contributed by atoms with Crippen molar-refractivity contribution in [2.45, 2.75) is 212 Å². The van der Waals surface area contributed by atoms with Gasteiger partial charge in [0, 0.05) is 170 Å². The van der Waals surface area contributed by atoms with Gasteiger partial charge < -0.3 is 33.1 Å². The Morgan fingerprint density at radius 2 is 0.839 bits per heavy atom. The molecule has 0 bridgehead atoms.